The number of anilines is 1. The number of nitrogens with zero attached hydrogens (tertiary/aromatic N) is 2. The summed E-state index contributed by atoms with van der Waals surface area (Å²) < 4.78 is 91.4. The zero-order valence-corrected chi connectivity index (χ0v) is 28.7. The van der Waals surface area contributed by atoms with Crippen molar-refractivity contribution in [2.24, 2.45) is 0 Å². The molecule has 53 heavy (non-hydrogen) atoms. The number of pyridine rings is 1. The van der Waals surface area contributed by atoms with E-state index < -0.39 is 52.6 Å². The van der Waals surface area contributed by atoms with E-state index in [1.165, 1.54) is 43.4 Å². The van der Waals surface area contributed by atoms with E-state index in [4.69, 9.17) is 9.47 Å². The maximum atomic E-state index is 13.7. The summed E-state index contributed by atoms with van der Waals surface area (Å²) in [6.07, 6.45) is -7.48. The van der Waals surface area contributed by atoms with Crippen molar-refractivity contribution in [3.05, 3.63) is 118 Å². The van der Waals surface area contributed by atoms with E-state index in [9.17, 15) is 45.5 Å². The maximum Gasteiger partial charge on any atom is 0.416 e. The minimum atomic E-state index is -4.82. The van der Waals surface area contributed by atoms with Gasteiger partial charge < -0.3 is 19.7 Å². The average Bonchev–Trinajstić information content (AvgIpc) is 3.50. The number of benzene rings is 3. The number of carbonyl (C=O) groups excluding carboxylic acids is 4. The second kappa shape index (κ2) is 15.1. The molecule has 0 spiro atoms. The quantitative estimate of drug-likeness (QED) is 0.134. The number of hydrogen-bond donors (Lipinski definition) is 1. The van der Waals surface area contributed by atoms with Crippen LogP contribution in [-0.4, -0.2) is 60.9 Å². The summed E-state index contributed by atoms with van der Waals surface area (Å²) in [5, 5.41) is 2.53. The predicted octanol–water partition coefficient (Wildman–Crippen LogP) is 7.27. The van der Waals surface area contributed by atoms with Gasteiger partial charge in [0.25, 0.3) is 11.8 Å². The van der Waals surface area contributed by atoms with E-state index in [1.54, 1.807) is 13.0 Å². The largest absolute Gasteiger partial charge is 0.465 e. The number of ether oxygens (including phenoxy) is 2. The van der Waals surface area contributed by atoms with Gasteiger partial charge in [-0.1, -0.05) is 24.3 Å². The lowest BCUT2D eigenvalue weighted by atomic mass is 9.86. The van der Waals surface area contributed by atoms with E-state index in [0.717, 1.165) is 23.8 Å². The number of alkyl halides is 6. The molecule has 0 saturated carbocycles. The first-order chi connectivity index (χ1) is 24.9. The molecule has 1 heterocycles. The number of rotatable bonds is 10. The smallest absolute Gasteiger partial charge is 0.416 e. The standard InChI is InChI=1S/C38H33F6N3O6/c1-4-52-35(51)36(16-15-24-6-5-17-45-32(24)36)21-53-31(48)19-22-7-14-30(29(18-22)34(50)47(2)3)46-33(49)27-13-12-26(38(42,43)44)20-28(27)23-8-10-25(11-9-23)37(39,40)41/h5-14,17-18,20H,4,15-16,19,21H2,1-3H3,(H,46,49). The summed E-state index contributed by atoms with van der Waals surface area (Å²) in [7, 11) is 2.88. The van der Waals surface area contributed by atoms with Crippen molar-refractivity contribution >= 4 is 29.4 Å². The third kappa shape index (κ3) is 8.34. The van der Waals surface area contributed by atoms with Crippen LogP contribution in [0.3, 0.4) is 0 Å². The molecule has 0 saturated heterocycles. The number of aromatic nitrogens is 1. The van der Waals surface area contributed by atoms with E-state index >= 15 is 0 Å². The van der Waals surface area contributed by atoms with Gasteiger partial charge in [-0.2, -0.15) is 26.3 Å². The highest BCUT2D eigenvalue weighted by Gasteiger charge is 2.49. The first-order valence-electron chi connectivity index (χ1n) is 16.3. The van der Waals surface area contributed by atoms with Crippen LogP contribution in [0.1, 0.15) is 62.0 Å². The highest BCUT2D eigenvalue weighted by molar-refractivity contribution is 6.12. The minimum absolute atomic E-state index is 0.0565. The molecule has 5 rings (SSSR count). The highest BCUT2D eigenvalue weighted by Crippen LogP contribution is 2.40. The molecule has 0 bridgehead atoms. The normalized spacial score (nSPS) is 15.3. The molecule has 4 aromatic rings. The minimum Gasteiger partial charge on any atom is -0.465 e. The summed E-state index contributed by atoms with van der Waals surface area (Å²) in [6.45, 7) is 1.44. The molecule has 2 amide bonds. The number of fused-ring (bicyclic) bond motifs is 1. The monoisotopic (exact) mass is 741 g/mol. The van der Waals surface area contributed by atoms with Crippen LogP contribution in [-0.2, 0) is 49.7 Å². The highest BCUT2D eigenvalue weighted by atomic mass is 19.4. The molecule has 9 nitrogen and oxygen atoms in total. The van der Waals surface area contributed by atoms with Crippen molar-refractivity contribution in [1.82, 2.24) is 9.88 Å². The second-order valence-electron chi connectivity index (χ2n) is 12.5. The molecule has 0 aliphatic heterocycles. The molecule has 3 aromatic carbocycles. The van der Waals surface area contributed by atoms with Crippen molar-refractivity contribution in [3.63, 3.8) is 0 Å². The molecule has 1 atom stereocenters. The number of esters is 2. The van der Waals surface area contributed by atoms with Gasteiger partial charge in [-0.3, -0.25) is 24.2 Å². The SMILES string of the molecule is CCOC(=O)C1(COC(=O)Cc2ccc(NC(=O)c3ccc(C(F)(F)F)cc3-c3ccc(C(F)(F)F)cc3)c(C(=O)N(C)C)c2)CCc2cccnc21. The second-order valence-corrected chi connectivity index (χ2v) is 12.5. The van der Waals surface area contributed by atoms with Gasteiger partial charge in [-0.25, -0.2) is 0 Å². The van der Waals surface area contributed by atoms with Crippen LogP contribution in [0.15, 0.2) is 79.0 Å². The van der Waals surface area contributed by atoms with Crippen LogP contribution >= 0.6 is 0 Å². The molecular formula is C38H33F6N3O6. The number of amides is 2. The fourth-order valence-electron chi connectivity index (χ4n) is 6.04. The molecule has 1 unspecified atom stereocenters. The number of carbonyl (C=O) groups is 4. The Morgan fingerprint density at radius 1 is 0.849 bits per heavy atom. The van der Waals surface area contributed by atoms with Gasteiger partial charge in [0.15, 0.2) is 0 Å². The van der Waals surface area contributed by atoms with E-state index in [-0.39, 0.29) is 47.6 Å². The number of aryl methyl sites for hydroxylation is 1. The lowest BCUT2D eigenvalue weighted by Gasteiger charge is -2.26. The summed E-state index contributed by atoms with van der Waals surface area (Å²) in [4.78, 5) is 58.7. The van der Waals surface area contributed by atoms with Crippen molar-refractivity contribution in [1.29, 1.82) is 0 Å². The molecule has 1 N–H and O–H groups in total. The fraction of sp³-hybridized carbons (Fsp3) is 0.289. The van der Waals surface area contributed by atoms with E-state index in [0.29, 0.717) is 48.4 Å². The zero-order valence-electron chi connectivity index (χ0n) is 28.7. The first kappa shape index (κ1) is 38.5. The van der Waals surface area contributed by atoms with Gasteiger partial charge in [-0.05, 0) is 90.6 Å². The molecule has 0 fully saturated rings. The van der Waals surface area contributed by atoms with Crippen LogP contribution in [0, 0.1) is 0 Å². The van der Waals surface area contributed by atoms with Gasteiger partial charge in [0, 0.05) is 25.9 Å². The van der Waals surface area contributed by atoms with Crippen LogP contribution in [0.25, 0.3) is 11.1 Å². The Kier molecular flexibility index (Phi) is 11.0. The Balaban J connectivity index is 1.41. The predicted molar refractivity (Wildman–Crippen MR) is 180 cm³/mol. The van der Waals surface area contributed by atoms with E-state index in [2.05, 4.69) is 10.3 Å². The Morgan fingerprint density at radius 2 is 1.53 bits per heavy atom. The summed E-state index contributed by atoms with van der Waals surface area (Å²) in [6, 6.07) is 13.2. The Morgan fingerprint density at radius 3 is 2.17 bits per heavy atom. The van der Waals surface area contributed by atoms with Crippen LogP contribution < -0.4 is 5.32 Å². The Hall–Kier alpha value is -5.73. The van der Waals surface area contributed by atoms with Gasteiger partial charge in [0.05, 0.1) is 41.1 Å². The van der Waals surface area contributed by atoms with Gasteiger partial charge in [-0.15, -0.1) is 0 Å². The Labute approximate surface area is 299 Å². The van der Waals surface area contributed by atoms with Crippen molar-refractivity contribution in [2.75, 3.05) is 32.6 Å². The third-order valence-corrected chi connectivity index (χ3v) is 8.74. The van der Waals surface area contributed by atoms with Crippen molar-refractivity contribution in [2.45, 2.75) is 44.0 Å². The lowest BCUT2D eigenvalue weighted by Crippen LogP contribution is -2.41. The van der Waals surface area contributed by atoms with Crippen molar-refractivity contribution < 1.29 is 55.0 Å². The fourth-order valence-corrected chi connectivity index (χ4v) is 6.04. The molecule has 1 aliphatic carbocycles. The Bertz CT molecular complexity index is 2050. The summed E-state index contributed by atoms with van der Waals surface area (Å²) in [5.41, 5.74) is -2.68. The number of nitrogens with one attached hydrogen (secondary N) is 1. The van der Waals surface area contributed by atoms with Crippen LogP contribution in [0.2, 0.25) is 0 Å². The summed E-state index contributed by atoms with van der Waals surface area (Å²) >= 11 is 0. The topological polar surface area (TPSA) is 115 Å². The molecule has 0 radical (unpaired) electrons. The van der Waals surface area contributed by atoms with Crippen LogP contribution in [0.5, 0.6) is 0 Å². The lowest BCUT2D eigenvalue weighted by molar-refractivity contribution is -0.157. The number of halogens is 6. The molecule has 278 valence electrons. The average molecular weight is 742 g/mol. The van der Waals surface area contributed by atoms with Gasteiger partial charge in [0.1, 0.15) is 12.0 Å². The van der Waals surface area contributed by atoms with E-state index in [1.807, 2.05) is 6.07 Å². The third-order valence-electron chi connectivity index (χ3n) is 8.74. The summed E-state index contributed by atoms with van der Waals surface area (Å²) in [5.74, 6) is -2.85. The van der Waals surface area contributed by atoms with Crippen molar-refractivity contribution in [3.8, 4) is 11.1 Å². The molecule has 1 aliphatic rings. The van der Waals surface area contributed by atoms with Crippen LogP contribution in [0.4, 0.5) is 32.0 Å². The zero-order chi connectivity index (χ0) is 38.7. The molecule has 1 aromatic heterocycles. The maximum absolute atomic E-state index is 13.7. The van der Waals surface area contributed by atoms with Gasteiger partial charge in [0.2, 0.25) is 0 Å². The van der Waals surface area contributed by atoms with Gasteiger partial charge >= 0.3 is 24.3 Å². The molecular weight excluding hydrogens is 708 g/mol. The first-order valence-corrected chi connectivity index (χ1v) is 16.3. The number of hydrogen-bond acceptors (Lipinski definition) is 7. The molecule has 15 heteroatoms.